The first-order valence-corrected chi connectivity index (χ1v) is 9.54. The van der Waals surface area contributed by atoms with Crippen LogP contribution in [0.1, 0.15) is 40.5 Å². The SMILES string of the molecule is CN=C(NCc1ncc(-c2ccccc2)o1)NCC(C)(C)NC(=O)OC(C)(C)C. The summed E-state index contributed by atoms with van der Waals surface area (Å²) < 4.78 is 11.1. The first-order chi connectivity index (χ1) is 13.6. The van der Waals surface area contributed by atoms with Crippen LogP contribution in [0.5, 0.6) is 0 Å². The largest absolute Gasteiger partial charge is 0.444 e. The first-order valence-electron chi connectivity index (χ1n) is 9.54. The Kier molecular flexibility index (Phi) is 7.25. The summed E-state index contributed by atoms with van der Waals surface area (Å²) in [5, 5.41) is 9.19. The summed E-state index contributed by atoms with van der Waals surface area (Å²) in [6, 6.07) is 9.80. The number of ether oxygens (including phenoxy) is 1. The number of benzene rings is 1. The van der Waals surface area contributed by atoms with E-state index in [0.29, 0.717) is 30.7 Å². The number of nitrogens with one attached hydrogen (secondary N) is 3. The van der Waals surface area contributed by atoms with E-state index in [2.05, 4.69) is 25.9 Å². The van der Waals surface area contributed by atoms with Crippen LogP contribution in [0.3, 0.4) is 0 Å². The number of nitrogens with zero attached hydrogens (tertiary/aromatic N) is 2. The van der Waals surface area contributed by atoms with E-state index in [-0.39, 0.29) is 0 Å². The molecule has 0 saturated heterocycles. The zero-order valence-corrected chi connectivity index (χ0v) is 18.0. The lowest BCUT2D eigenvalue weighted by atomic mass is 10.1. The summed E-state index contributed by atoms with van der Waals surface area (Å²) >= 11 is 0. The van der Waals surface area contributed by atoms with Gasteiger partial charge < -0.3 is 25.1 Å². The number of carbonyl (C=O) groups is 1. The second-order valence-electron chi connectivity index (χ2n) is 8.27. The van der Waals surface area contributed by atoms with Crippen molar-refractivity contribution in [2.75, 3.05) is 13.6 Å². The number of alkyl carbamates (subject to hydrolysis) is 1. The van der Waals surface area contributed by atoms with E-state index < -0.39 is 17.2 Å². The molecule has 0 atom stereocenters. The fraction of sp³-hybridized carbons (Fsp3) is 0.476. The highest BCUT2D eigenvalue weighted by Crippen LogP contribution is 2.19. The van der Waals surface area contributed by atoms with Crippen LogP contribution in [0, 0.1) is 0 Å². The predicted molar refractivity (Wildman–Crippen MR) is 114 cm³/mol. The minimum absolute atomic E-state index is 0.381. The molecule has 1 aromatic carbocycles. The second-order valence-corrected chi connectivity index (χ2v) is 8.27. The molecule has 2 rings (SSSR count). The third-order valence-electron chi connectivity index (χ3n) is 3.78. The van der Waals surface area contributed by atoms with Gasteiger partial charge in [0.2, 0.25) is 5.89 Å². The molecular weight excluding hydrogens is 370 g/mol. The van der Waals surface area contributed by atoms with Crippen LogP contribution in [0.4, 0.5) is 4.79 Å². The molecule has 0 spiro atoms. The summed E-state index contributed by atoms with van der Waals surface area (Å²) in [4.78, 5) is 20.5. The number of oxazole rings is 1. The van der Waals surface area contributed by atoms with Gasteiger partial charge in [0.25, 0.3) is 0 Å². The normalized spacial score (nSPS) is 12.4. The van der Waals surface area contributed by atoms with E-state index in [4.69, 9.17) is 9.15 Å². The second kappa shape index (κ2) is 9.45. The molecule has 1 amide bonds. The Morgan fingerprint density at radius 2 is 1.83 bits per heavy atom. The molecule has 0 fully saturated rings. The van der Waals surface area contributed by atoms with Crippen LogP contribution >= 0.6 is 0 Å². The number of hydrogen-bond acceptors (Lipinski definition) is 5. The number of rotatable bonds is 6. The van der Waals surface area contributed by atoms with E-state index in [9.17, 15) is 4.79 Å². The van der Waals surface area contributed by atoms with Crippen molar-refractivity contribution in [2.24, 2.45) is 4.99 Å². The van der Waals surface area contributed by atoms with Crippen molar-refractivity contribution >= 4 is 12.1 Å². The number of hydrogen-bond donors (Lipinski definition) is 3. The monoisotopic (exact) mass is 401 g/mol. The van der Waals surface area contributed by atoms with Crippen LogP contribution in [-0.4, -0.2) is 41.8 Å². The van der Waals surface area contributed by atoms with E-state index in [1.54, 1.807) is 13.2 Å². The topological polar surface area (TPSA) is 101 Å². The van der Waals surface area contributed by atoms with Crippen LogP contribution in [-0.2, 0) is 11.3 Å². The van der Waals surface area contributed by atoms with Crippen molar-refractivity contribution in [3.63, 3.8) is 0 Å². The van der Waals surface area contributed by atoms with Crippen molar-refractivity contribution in [3.8, 4) is 11.3 Å². The van der Waals surface area contributed by atoms with Gasteiger partial charge >= 0.3 is 6.09 Å². The average molecular weight is 402 g/mol. The zero-order valence-electron chi connectivity index (χ0n) is 18.0. The van der Waals surface area contributed by atoms with Crippen molar-refractivity contribution in [1.82, 2.24) is 20.9 Å². The van der Waals surface area contributed by atoms with Gasteiger partial charge in [-0.1, -0.05) is 30.3 Å². The molecule has 0 aliphatic carbocycles. The molecular formula is C21H31N5O3. The summed E-state index contributed by atoms with van der Waals surface area (Å²) in [5.41, 5.74) is -0.104. The maximum absolute atomic E-state index is 12.0. The van der Waals surface area contributed by atoms with Gasteiger partial charge in [0, 0.05) is 19.2 Å². The van der Waals surface area contributed by atoms with Crippen LogP contribution < -0.4 is 16.0 Å². The average Bonchev–Trinajstić information content (AvgIpc) is 3.09. The van der Waals surface area contributed by atoms with Gasteiger partial charge in [0.15, 0.2) is 11.7 Å². The Hall–Kier alpha value is -3.03. The van der Waals surface area contributed by atoms with Crippen molar-refractivity contribution in [1.29, 1.82) is 0 Å². The molecule has 29 heavy (non-hydrogen) atoms. The minimum Gasteiger partial charge on any atom is -0.444 e. The number of amides is 1. The Labute approximate surface area is 172 Å². The number of guanidine groups is 1. The van der Waals surface area contributed by atoms with Gasteiger partial charge in [-0.25, -0.2) is 9.78 Å². The molecule has 158 valence electrons. The van der Waals surface area contributed by atoms with Crippen molar-refractivity contribution in [2.45, 2.75) is 52.3 Å². The van der Waals surface area contributed by atoms with Gasteiger partial charge in [-0.05, 0) is 34.6 Å². The van der Waals surface area contributed by atoms with Gasteiger partial charge in [0.05, 0.1) is 18.3 Å². The lowest BCUT2D eigenvalue weighted by Gasteiger charge is -2.29. The Morgan fingerprint density at radius 1 is 1.14 bits per heavy atom. The Morgan fingerprint density at radius 3 is 2.45 bits per heavy atom. The number of carbonyl (C=O) groups excluding carboxylic acids is 1. The Bertz CT molecular complexity index is 822. The highest BCUT2D eigenvalue weighted by atomic mass is 16.6. The van der Waals surface area contributed by atoms with Gasteiger partial charge in [-0.2, -0.15) is 0 Å². The third kappa shape index (κ3) is 7.85. The maximum Gasteiger partial charge on any atom is 0.408 e. The molecule has 2 aromatic rings. The van der Waals surface area contributed by atoms with E-state index in [0.717, 1.165) is 5.56 Å². The van der Waals surface area contributed by atoms with E-state index >= 15 is 0 Å². The molecule has 0 saturated carbocycles. The molecule has 1 aromatic heterocycles. The Balaban J connectivity index is 1.83. The highest BCUT2D eigenvalue weighted by Gasteiger charge is 2.24. The molecule has 8 heteroatoms. The maximum atomic E-state index is 12.0. The molecule has 0 bridgehead atoms. The summed E-state index contributed by atoms with van der Waals surface area (Å²) in [6.45, 7) is 10.1. The van der Waals surface area contributed by atoms with Gasteiger partial charge in [-0.3, -0.25) is 4.99 Å². The predicted octanol–water partition coefficient (Wildman–Crippen LogP) is 3.31. The third-order valence-corrected chi connectivity index (χ3v) is 3.78. The molecule has 8 nitrogen and oxygen atoms in total. The fourth-order valence-corrected chi connectivity index (χ4v) is 2.44. The van der Waals surface area contributed by atoms with Crippen LogP contribution in [0.2, 0.25) is 0 Å². The smallest absolute Gasteiger partial charge is 0.408 e. The number of aromatic nitrogens is 1. The first kappa shape index (κ1) is 22.3. The quantitative estimate of drug-likeness (QED) is 0.507. The molecule has 0 unspecified atom stereocenters. The van der Waals surface area contributed by atoms with Crippen LogP contribution in [0.15, 0.2) is 45.9 Å². The standard InChI is InChI=1S/C21H31N5O3/c1-20(2,3)29-19(27)26-21(4,5)14-25-18(22-6)24-13-17-23-12-16(28-17)15-10-8-7-9-11-15/h7-12H,13-14H2,1-6H3,(H,26,27)(H2,22,24,25). The summed E-state index contributed by atoms with van der Waals surface area (Å²) in [7, 11) is 1.68. The zero-order chi connectivity index (χ0) is 21.5. The van der Waals surface area contributed by atoms with Crippen molar-refractivity contribution in [3.05, 3.63) is 42.4 Å². The molecule has 0 aliphatic heterocycles. The summed E-state index contributed by atoms with van der Waals surface area (Å²) in [5.74, 6) is 1.84. The van der Waals surface area contributed by atoms with Crippen molar-refractivity contribution < 1.29 is 13.9 Å². The summed E-state index contributed by atoms with van der Waals surface area (Å²) in [6.07, 6.45) is 1.25. The number of aliphatic imine (C=N–C) groups is 1. The molecule has 1 heterocycles. The molecule has 0 radical (unpaired) electrons. The minimum atomic E-state index is -0.542. The molecule has 3 N–H and O–H groups in total. The van der Waals surface area contributed by atoms with E-state index in [1.807, 2.05) is 65.0 Å². The highest BCUT2D eigenvalue weighted by molar-refractivity contribution is 5.79. The lowest BCUT2D eigenvalue weighted by Crippen LogP contribution is -2.54. The van der Waals surface area contributed by atoms with E-state index in [1.165, 1.54) is 0 Å². The lowest BCUT2D eigenvalue weighted by molar-refractivity contribution is 0.0474. The van der Waals surface area contributed by atoms with Gasteiger partial charge in [-0.15, -0.1) is 0 Å². The molecule has 0 aliphatic rings. The van der Waals surface area contributed by atoms with Gasteiger partial charge in [0.1, 0.15) is 5.60 Å². The fourth-order valence-electron chi connectivity index (χ4n) is 2.44. The van der Waals surface area contributed by atoms with Crippen LogP contribution in [0.25, 0.3) is 11.3 Å².